The van der Waals surface area contributed by atoms with Crippen molar-refractivity contribution in [2.75, 3.05) is 19.8 Å². The number of sulfonamides is 1. The highest BCUT2D eigenvalue weighted by atomic mass is 79.9. The first-order valence-corrected chi connectivity index (χ1v) is 9.01. The van der Waals surface area contributed by atoms with Gasteiger partial charge in [-0.05, 0) is 47.5 Å². The fourth-order valence-electron chi connectivity index (χ4n) is 2.24. The van der Waals surface area contributed by atoms with E-state index in [1.807, 2.05) is 13.8 Å². The quantitative estimate of drug-likeness (QED) is 0.755. The molecule has 1 aromatic carbocycles. The molecule has 0 aromatic heterocycles. The van der Waals surface area contributed by atoms with Crippen LogP contribution >= 0.6 is 27.5 Å². The predicted octanol–water partition coefficient (Wildman–Crippen LogP) is 2.99. The second-order valence-electron chi connectivity index (χ2n) is 5.34. The number of hydrogen-bond acceptors (Lipinski definition) is 3. The number of hydrogen-bond donors (Lipinski definition) is 0. The van der Waals surface area contributed by atoms with Gasteiger partial charge in [-0.25, -0.2) is 8.42 Å². The normalized spacial score (nSPS) is 20.0. The van der Waals surface area contributed by atoms with Crippen LogP contribution in [0.15, 0.2) is 27.6 Å². The van der Waals surface area contributed by atoms with Gasteiger partial charge in [-0.2, -0.15) is 4.31 Å². The van der Waals surface area contributed by atoms with E-state index >= 15 is 0 Å². The topological polar surface area (TPSA) is 46.6 Å². The summed E-state index contributed by atoms with van der Waals surface area (Å²) in [7, 11) is -3.59. The van der Waals surface area contributed by atoms with Crippen LogP contribution in [-0.4, -0.2) is 38.0 Å². The number of halogens is 2. The molecule has 0 aliphatic carbocycles. The molecular weight excluding hydrogens is 366 g/mol. The Kier molecular flexibility index (Phi) is 4.81. The first kappa shape index (κ1) is 16.2. The van der Waals surface area contributed by atoms with E-state index in [4.69, 9.17) is 16.3 Å². The number of nitrogens with zero attached hydrogens (tertiary/aromatic N) is 1. The molecule has 0 saturated carbocycles. The molecule has 7 heteroatoms. The van der Waals surface area contributed by atoms with E-state index in [2.05, 4.69) is 15.9 Å². The van der Waals surface area contributed by atoms with E-state index in [1.165, 1.54) is 4.31 Å². The van der Waals surface area contributed by atoms with Crippen LogP contribution in [0.2, 0.25) is 0 Å². The highest BCUT2D eigenvalue weighted by Gasteiger charge is 2.40. The average molecular weight is 383 g/mol. The fraction of sp³-hybridized carbons (Fsp3) is 0.538. The van der Waals surface area contributed by atoms with Gasteiger partial charge in [-0.3, -0.25) is 0 Å². The third-order valence-corrected chi connectivity index (χ3v) is 6.70. The summed E-state index contributed by atoms with van der Waals surface area (Å²) >= 11 is 9.12. The first-order valence-electron chi connectivity index (χ1n) is 6.24. The van der Waals surface area contributed by atoms with Gasteiger partial charge in [0.2, 0.25) is 10.0 Å². The van der Waals surface area contributed by atoms with Gasteiger partial charge < -0.3 is 4.74 Å². The summed E-state index contributed by atoms with van der Waals surface area (Å²) in [5.74, 6) is 0.280. The summed E-state index contributed by atoms with van der Waals surface area (Å²) in [5, 5.41) is 0. The molecule has 1 saturated heterocycles. The van der Waals surface area contributed by atoms with Gasteiger partial charge in [0, 0.05) is 16.9 Å². The lowest BCUT2D eigenvalue weighted by Crippen LogP contribution is -2.55. The van der Waals surface area contributed by atoms with Crippen LogP contribution in [0.1, 0.15) is 19.4 Å². The lowest BCUT2D eigenvalue weighted by atomic mass is 10.1. The maximum absolute atomic E-state index is 12.9. The van der Waals surface area contributed by atoms with Crippen molar-refractivity contribution < 1.29 is 13.2 Å². The summed E-state index contributed by atoms with van der Waals surface area (Å²) in [6, 6.07) is 5.15. The molecule has 4 nitrogen and oxygen atoms in total. The van der Waals surface area contributed by atoms with Crippen LogP contribution < -0.4 is 0 Å². The third-order valence-electron chi connectivity index (χ3n) is 3.29. The largest absolute Gasteiger partial charge is 0.378 e. The Morgan fingerprint density at radius 3 is 2.75 bits per heavy atom. The molecule has 1 heterocycles. The molecule has 0 N–H and O–H groups in total. The molecular formula is C13H17BrClNO3S. The van der Waals surface area contributed by atoms with Crippen LogP contribution in [0.3, 0.4) is 0 Å². The minimum Gasteiger partial charge on any atom is -0.378 e. The van der Waals surface area contributed by atoms with Crippen LogP contribution in [0, 0.1) is 0 Å². The molecule has 1 aromatic rings. The summed E-state index contributed by atoms with van der Waals surface area (Å²) in [4.78, 5) is 0.255. The van der Waals surface area contributed by atoms with Crippen molar-refractivity contribution >= 4 is 37.6 Å². The summed E-state index contributed by atoms with van der Waals surface area (Å²) in [6.07, 6.45) is 0. The summed E-state index contributed by atoms with van der Waals surface area (Å²) in [5.41, 5.74) is 0.215. The van der Waals surface area contributed by atoms with E-state index in [0.29, 0.717) is 24.2 Å². The highest BCUT2D eigenvalue weighted by molar-refractivity contribution is 9.10. The van der Waals surface area contributed by atoms with Crippen LogP contribution in [0.4, 0.5) is 0 Å². The smallest absolute Gasteiger partial charge is 0.244 e. The zero-order valence-electron chi connectivity index (χ0n) is 11.4. The first-order chi connectivity index (χ1) is 9.29. The van der Waals surface area contributed by atoms with Crippen LogP contribution in [0.25, 0.3) is 0 Å². The van der Waals surface area contributed by atoms with Crippen molar-refractivity contribution in [2.24, 2.45) is 0 Å². The number of ether oxygens (including phenoxy) is 1. The molecule has 112 valence electrons. The van der Waals surface area contributed by atoms with Gasteiger partial charge >= 0.3 is 0 Å². The molecule has 1 fully saturated rings. The Hall–Kier alpha value is -0.140. The molecule has 1 aliphatic rings. The van der Waals surface area contributed by atoms with Gasteiger partial charge in [0.15, 0.2) is 0 Å². The van der Waals surface area contributed by atoms with Gasteiger partial charge in [-0.15, -0.1) is 11.6 Å². The molecule has 0 atom stereocenters. The molecule has 20 heavy (non-hydrogen) atoms. The number of morpholine rings is 1. The number of benzene rings is 1. The van der Waals surface area contributed by atoms with Crippen LogP contribution in [0.5, 0.6) is 0 Å². The predicted molar refractivity (Wildman–Crippen MR) is 82.5 cm³/mol. The molecule has 0 bridgehead atoms. The highest BCUT2D eigenvalue weighted by Crippen LogP contribution is 2.32. The minimum absolute atomic E-state index is 0.255. The molecule has 0 radical (unpaired) electrons. The number of rotatable bonds is 3. The van der Waals surface area contributed by atoms with Crippen molar-refractivity contribution in [3.63, 3.8) is 0 Å². The van der Waals surface area contributed by atoms with Gasteiger partial charge in [0.25, 0.3) is 0 Å². The maximum atomic E-state index is 12.9. The van der Waals surface area contributed by atoms with E-state index in [9.17, 15) is 8.42 Å². The Balaban J connectivity index is 2.49. The van der Waals surface area contributed by atoms with Gasteiger partial charge in [0.1, 0.15) is 0 Å². The number of alkyl halides is 1. The Morgan fingerprint density at radius 1 is 1.45 bits per heavy atom. The van der Waals surface area contributed by atoms with Crippen molar-refractivity contribution in [3.05, 3.63) is 28.2 Å². The SMILES string of the molecule is CC1(C)COCCN1S(=O)(=O)c1cc(CCl)ccc1Br. The third kappa shape index (κ3) is 3.04. The lowest BCUT2D eigenvalue weighted by molar-refractivity contribution is -0.00772. The van der Waals surface area contributed by atoms with Crippen molar-refractivity contribution in [3.8, 4) is 0 Å². The molecule has 0 spiro atoms. The Morgan fingerprint density at radius 2 is 2.15 bits per heavy atom. The van der Waals surface area contributed by atoms with Crippen LogP contribution in [-0.2, 0) is 20.6 Å². The Bertz CT molecular complexity index is 604. The van der Waals surface area contributed by atoms with E-state index in [1.54, 1.807) is 18.2 Å². The Labute approximate surface area is 133 Å². The average Bonchev–Trinajstić information content (AvgIpc) is 2.38. The second kappa shape index (κ2) is 5.93. The molecule has 0 unspecified atom stereocenters. The van der Waals surface area contributed by atoms with Crippen molar-refractivity contribution in [1.29, 1.82) is 0 Å². The van der Waals surface area contributed by atoms with Crippen molar-refractivity contribution in [1.82, 2.24) is 4.31 Å². The zero-order valence-corrected chi connectivity index (χ0v) is 14.6. The van der Waals surface area contributed by atoms with Gasteiger partial charge in [-0.1, -0.05) is 6.07 Å². The molecule has 2 rings (SSSR count). The van der Waals surface area contributed by atoms with E-state index in [-0.39, 0.29) is 10.8 Å². The standard InChI is InChI=1S/C13H17BrClNO3S/c1-13(2)9-19-6-5-16(13)20(17,18)12-7-10(8-15)3-4-11(12)14/h3-4,7H,5-6,8-9H2,1-2H3. The molecule has 0 amide bonds. The minimum atomic E-state index is -3.59. The van der Waals surface area contributed by atoms with Crippen molar-refractivity contribution in [2.45, 2.75) is 30.2 Å². The zero-order chi connectivity index (χ0) is 15.0. The lowest BCUT2D eigenvalue weighted by Gasteiger charge is -2.40. The monoisotopic (exact) mass is 381 g/mol. The summed E-state index contributed by atoms with van der Waals surface area (Å²) in [6.45, 7) is 4.88. The molecule has 1 aliphatic heterocycles. The van der Waals surface area contributed by atoms with Gasteiger partial charge in [0.05, 0.1) is 23.6 Å². The van der Waals surface area contributed by atoms with E-state index < -0.39 is 15.6 Å². The van der Waals surface area contributed by atoms with E-state index in [0.717, 1.165) is 5.56 Å². The second-order valence-corrected chi connectivity index (χ2v) is 8.29. The fourth-order valence-corrected chi connectivity index (χ4v) is 5.13. The summed E-state index contributed by atoms with van der Waals surface area (Å²) < 4.78 is 33.2. The maximum Gasteiger partial charge on any atom is 0.244 e.